The number of esters is 1. The van der Waals surface area contributed by atoms with Crippen LogP contribution in [0.25, 0.3) is 0 Å². The van der Waals surface area contributed by atoms with Gasteiger partial charge in [-0.25, -0.2) is 14.6 Å². The van der Waals surface area contributed by atoms with Crippen molar-refractivity contribution in [3.8, 4) is 5.75 Å². The van der Waals surface area contributed by atoms with E-state index in [0.717, 1.165) is 30.8 Å². The third-order valence-electron chi connectivity index (χ3n) is 5.21. The van der Waals surface area contributed by atoms with Crippen molar-refractivity contribution in [1.82, 2.24) is 9.88 Å². The lowest BCUT2D eigenvalue weighted by molar-refractivity contribution is 0.0526. The molecule has 0 radical (unpaired) electrons. The Balaban J connectivity index is 1.60. The molecule has 0 unspecified atom stereocenters. The summed E-state index contributed by atoms with van der Waals surface area (Å²) in [6.07, 6.45) is 3.26. The van der Waals surface area contributed by atoms with Gasteiger partial charge in [-0.1, -0.05) is 13.0 Å². The molecule has 1 fully saturated rings. The van der Waals surface area contributed by atoms with Crippen molar-refractivity contribution in [2.45, 2.75) is 33.6 Å². The Kier molecular flexibility index (Phi) is 8.30. The van der Waals surface area contributed by atoms with Crippen molar-refractivity contribution >= 4 is 23.5 Å². The number of nitrogens with one attached hydrogen (secondary N) is 1. The fourth-order valence-corrected chi connectivity index (χ4v) is 3.52. The van der Waals surface area contributed by atoms with Crippen LogP contribution in [0, 0.1) is 6.92 Å². The van der Waals surface area contributed by atoms with E-state index < -0.39 is 0 Å². The number of aryl methyl sites for hydroxylation is 1. The first-order chi connectivity index (χ1) is 15.5. The lowest BCUT2D eigenvalue weighted by atomic mass is 10.2. The van der Waals surface area contributed by atoms with Gasteiger partial charge in [-0.2, -0.15) is 0 Å². The van der Waals surface area contributed by atoms with Crippen molar-refractivity contribution in [2.24, 2.45) is 0 Å². The Bertz CT molecular complexity index is 917. The summed E-state index contributed by atoms with van der Waals surface area (Å²) >= 11 is 0. The molecule has 2 aromatic rings. The molecule has 172 valence electrons. The van der Waals surface area contributed by atoms with Crippen molar-refractivity contribution in [2.75, 3.05) is 49.6 Å². The first-order valence-electron chi connectivity index (χ1n) is 11.2. The molecule has 1 N–H and O–H groups in total. The van der Waals surface area contributed by atoms with Crippen LogP contribution in [0.5, 0.6) is 5.75 Å². The third kappa shape index (κ3) is 6.12. The Morgan fingerprint density at radius 2 is 1.94 bits per heavy atom. The molecule has 1 aliphatic rings. The van der Waals surface area contributed by atoms with Crippen molar-refractivity contribution in [3.63, 3.8) is 0 Å². The van der Waals surface area contributed by atoms with Crippen LogP contribution in [-0.4, -0.2) is 61.3 Å². The van der Waals surface area contributed by atoms with Crippen LogP contribution >= 0.6 is 0 Å². The number of benzene rings is 1. The van der Waals surface area contributed by atoms with Gasteiger partial charge < -0.3 is 24.6 Å². The standard InChI is InChI=1S/C24H32N4O4/c1-4-15-32-21-16-18(3)7-9-20(21)26-24(30)28-12-6-11-27(13-14-28)22-10-8-19(17-25-22)23(29)31-5-2/h7-10,16-17H,4-6,11-15H2,1-3H3,(H,26,30). The fourth-order valence-electron chi connectivity index (χ4n) is 3.52. The molecule has 3 rings (SSSR count). The van der Waals surface area contributed by atoms with Crippen molar-refractivity contribution in [3.05, 3.63) is 47.7 Å². The molecule has 1 aromatic heterocycles. The van der Waals surface area contributed by atoms with Crippen LogP contribution < -0.4 is 15.0 Å². The zero-order valence-electron chi connectivity index (χ0n) is 19.1. The van der Waals surface area contributed by atoms with E-state index in [-0.39, 0.29) is 12.0 Å². The minimum atomic E-state index is -0.372. The average molecular weight is 441 g/mol. The second-order valence-electron chi connectivity index (χ2n) is 7.73. The fraction of sp³-hybridized carbons (Fsp3) is 0.458. The van der Waals surface area contributed by atoms with E-state index in [4.69, 9.17) is 9.47 Å². The number of aromatic nitrogens is 1. The van der Waals surface area contributed by atoms with Gasteiger partial charge in [-0.05, 0) is 56.5 Å². The highest BCUT2D eigenvalue weighted by Crippen LogP contribution is 2.26. The minimum absolute atomic E-state index is 0.136. The van der Waals surface area contributed by atoms with Gasteiger partial charge in [0, 0.05) is 32.4 Å². The number of nitrogens with zero attached hydrogens (tertiary/aromatic N) is 3. The second kappa shape index (κ2) is 11.4. The van der Waals surface area contributed by atoms with E-state index >= 15 is 0 Å². The van der Waals surface area contributed by atoms with Gasteiger partial charge in [-0.3, -0.25) is 0 Å². The zero-order valence-corrected chi connectivity index (χ0v) is 19.1. The number of carbonyl (C=O) groups is 2. The summed E-state index contributed by atoms with van der Waals surface area (Å²) in [6.45, 7) is 9.43. The van der Waals surface area contributed by atoms with Gasteiger partial charge in [0.15, 0.2) is 0 Å². The summed E-state index contributed by atoms with van der Waals surface area (Å²) in [5, 5.41) is 3.01. The van der Waals surface area contributed by atoms with Gasteiger partial charge in [0.25, 0.3) is 0 Å². The van der Waals surface area contributed by atoms with Gasteiger partial charge in [-0.15, -0.1) is 0 Å². The number of ether oxygens (including phenoxy) is 2. The zero-order chi connectivity index (χ0) is 22.9. The van der Waals surface area contributed by atoms with Crippen molar-refractivity contribution < 1.29 is 19.1 Å². The van der Waals surface area contributed by atoms with E-state index in [2.05, 4.69) is 22.1 Å². The number of amides is 2. The highest BCUT2D eigenvalue weighted by molar-refractivity contribution is 5.91. The molecule has 1 aliphatic heterocycles. The van der Waals surface area contributed by atoms with E-state index in [1.54, 1.807) is 13.0 Å². The molecule has 0 aliphatic carbocycles. The van der Waals surface area contributed by atoms with Gasteiger partial charge >= 0.3 is 12.0 Å². The molecule has 1 saturated heterocycles. The molecular formula is C24H32N4O4. The van der Waals surface area contributed by atoms with E-state index in [9.17, 15) is 9.59 Å². The molecule has 1 aromatic carbocycles. The SMILES string of the molecule is CCCOc1cc(C)ccc1NC(=O)N1CCCN(c2ccc(C(=O)OCC)cn2)CC1. The summed E-state index contributed by atoms with van der Waals surface area (Å²) < 4.78 is 10.8. The Labute approximate surface area is 189 Å². The maximum Gasteiger partial charge on any atom is 0.339 e. The van der Waals surface area contributed by atoms with Crippen LogP contribution in [0.15, 0.2) is 36.5 Å². The predicted molar refractivity (Wildman–Crippen MR) is 125 cm³/mol. The highest BCUT2D eigenvalue weighted by atomic mass is 16.5. The number of hydrogen-bond acceptors (Lipinski definition) is 6. The van der Waals surface area contributed by atoms with Crippen molar-refractivity contribution in [1.29, 1.82) is 0 Å². The quantitative estimate of drug-likeness (QED) is 0.653. The molecule has 0 atom stereocenters. The molecule has 8 heteroatoms. The number of rotatable bonds is 7. The van der Waals surface area contributed by atoms with Crippen LogP contribution in [0.3, 0.4) is 0 Å². The summed E-state index contributed by atoms with van der Waals surface area (Å²) in [5.41, 5.74) is 2.21. The van der Waals surface area contributed by atoms with E-state index in [1.807, 2.05) is 36.1 Å². The smallest absolute Gasteiger partial charge is 0.339 e. The number of hydrogen-bond donors (Lipinski definition) is 1. The molecule has 8 nitrogen and oxygen atoms in total. The molecule has 32 heavy (non-hydrogen) atoms. The number of carbonyl (C=O) groups excluding carboxylic acids is 2. The maximum atomic E-state index is 12.9. The number of anilines is 2. The topological polar surface area (TPSA) is 84.0 Å². The summed E-state index contributed by atoms with van der Waals surface area (Å²) in [7, 11) is 0. The van der Waals surface area contributed by atoms with Gasteiger partial charge in [0.2, 0.25) is 0 Å². The summed E-state index contributed by atoms with van der Waals surface area (Å²) in [4.78, 5) is 33.1. The molecule has 2 heterocycles. The first-order valence-corrected chi connectivity index (χ1v) is 11.2. The molecular weight excluding hydrogens is 408 g/mol. The highest BCUT2D eigenvalue weighted by Gasteiger charge is 2.21. The van der Waals surface area contributed by atoms with E-state index in [0.29, 0.717) is 49.8 Å². The Hall–Kier alpha value is -3.29. The van der Waals surface area contributed by atoms with Crippen LogP contribution in [0.4, 0.5) is 16.3 Å². The number of pyridine rings is 1. The largest absolute Gasteiger partial charge is 0.491 e. The summed E-state index contributed by atoms with van der Waals surface area (Å²) in [5.74, 6) is 1.11. The average Bonchev–Trinajstić information content (AvgIpc) is 3.06. The minimum Gasteiger partial charge on any atom is -0.491 e. The first kappa shape index (κ1) is 23.4. The second-order valence-corrected chi connectivity index (χ2v) is 7.73. The predicted octanol–water partition coefficient (Wildman–Crippen LogP) is 4.10. The molecule has 0 bridgehead atoms. The normalized spacial score (nSPS) is 14.0. The molecule has 0 spiro atoms. The maximum absolute atomic E-state index is 12.9. The lowest BCUT2D eigenvalue weighted by Crippen LogP contribution is -2.38. The van der Waals surface area contributed by atoms with Crippen LogP contribution in [0.1, 0.15) is 42.6 Å². The number of urea groups is 1. The molecule has 2 amide bonds. The monoisotopic (exact) mass is 440 g/mol. The lowest BCUT2D eigenvalue weighted by Gasteiger charge is -2.23. The van der Waals surface area contributed by atoms with Crippen LogP contribution in [0.2, 0.25) is 0 Å². The van der Waals surface area contributed by atoms with Gasteiger partial charge in [0.1, 0.15) is 11.6 Å². The molecule has 0 saturated carbocycles. The Morgan fingerprint density at radius 3 is 2.66 bits per heavy atom. The third-order valence-corrected chi connectivity index (χ3v) is 5.21. The Morgan fingerprint density at radius 1 is 1.09 bits per heavy atom. The van der Waals surface area contributed by atoms with Crippen LogP contribution in [-0.2, 0) is 4.74 Å². The van der Waals surface area contributed by atoms with E-state index in [1.165, 1.54) is 6.20 Å². The van der Waals surface area contributed by atoms with Gasteiger partial charge in [0.05, 0.1) is 24.5 Å². The summed E-state index contributed by atoms with van der Waals surface area (Å²) in [6, 6.07) is 9.21.